The van der Waals surface area contributed by atoms with Gasteiger partial charge in [-0.2, -0.15) is 0 Å². The molecule has 2 aliphatic carbocycles. The van der Waals surface area contributed by atoms with Crippen LogP contribution in [0.4, 0.5) is 0 Å². The van der Waals surface area contributed by atoms with Crippen molar-refractivity contribution < 1.29 is 32.3 Å². The molecule has 2 aromatic rings. The minimum absolute atomic E-state index is 0. The minimum atomic E-state index is -0.922. The number of aryl methyl sites for hydroxylation is 4. The fourth-order valence-corrected chi connectivity index (χ4v) is 19.5. The first-order valence-electron chi connectivity index (χ1n) is 10.2. The Morgan fingerprint density at radius 2 is 1.14 bits per heavy atom. The Morgan fingerprint density at radius 3 is 1.55 bits per heavy atom. The molecule has 2 atom stereocenters. The van der Waals surface area contributed by atoms with E-state index in [1.54, 1.807) is 22.3 Å². The van der Waals surface area contributed by atoms with Gasteiger partial charge in [0.05, 0.1) is 0 Å². The Kier molecular flexibility index (Phi) is 6.52. The van der Waals surface area contributed by atoms with Crippen LogP contribution in [0.3, 0.4) is 0 Å². The minimum Gasteiger partial charge on any atom is -1.00 e. The van der Waals surface area contributed by atoms with Crippen molar-refractivity contribution in [1.29, 1.82) is 0 Å². The average Bonchev–Trinajstić information content (AvgIpc) is 3.22. The van der Waals surface area contributed by atoms with Gasteiger partial charge in [0.15, 0.2) is 0 Å². The monoisotopic (exact) mass is 576 g/mol. The van der Waals surface area contributed by atoms with Crippen molar-refractivity contribution in [3.63, 3.8) is 0 Å². The summed E-state index contributed by atoms with van der Waals surface area (Å²) in [5.74, 6) is 0. The van der Waals surface area contributed by atoms with Crippen LogP contribution in [0.5, 0.6) is 0 Å². The molecule has 1 aliphatic heterocycles. The van der Waals surface area contributed by atoms with Crippen LogP contribution in [0.2, 0.25) is 0 Å². The van der Waals surface area contributed by atoms with E-state index < -0.39 is 22.9 Å². The summed E-state index contributed by atoms with van der Waals surface area (Å²) in [6, 6.07) is 9.42. The molecule has 4 heteroatoms. The molecule has 0 amide bonds. The van der Waals surface area contributed by atoms with Gasteiger partial charge in [-0.15, -0.1) is 0 Å². The Hall–Kier alpha value is -0.920. The summed E-state index contributed by atoms with van der Waals surface area (Å²) in [4.78, 5) is 0. The molecule has 0 bridgehead atoms. The SMILES string of the molecule is CCCP1C2=Cc3c(C)ccc(C)c3[CH]2[Hf+2][CH]2C1=Cc1c(C)ccc(C)c12.[F-].[F-]. The number of fused-ring (bicyclic) bond motifs is 6. The fourth-order valence-electron chi connectivity index (χ4n) is 5.22. The predicted octanol–water partition coefficient (Wildman–Crippen LogP) is 1.41. The van der Waals surface area contributed by atoms with Gasteiger partial charge in [0.2, 0.25) is 0 Å². The Bertz CT molecular complexity index is 958. The van der Waals surface area contributed by atoms with Gasteiger partial charge in [0, 0.05) is 0 Å². The van der Waals surface area contributed by atoms with Gasteiger partial charge in [-0.25, -0.2) is 0 Å². The van der Waals surface area contributed by atoms with Gasteiger partial charge in [-0.05, 0) is 0 Å². The predicted molar refractivity (Wildman–Crippen MR) is 115 cm³/mol. The molecule has 2 aromatic carbocycles. The van der Waals surface area contributed by atoms with E-state index in [0.29, 0.717) is 0 Å². The molecule has 1 fully saturated rings. The Morgan fingerprint density at radius 1 is 0.724 bits per heavy atom. The van der Waals surface area contributed by atoms with Crippen LogP contribution in [0.1, 0.15) is 65.2 Å². The molecule has 0 aromatic heterocycles. The third kappa shape index (κ3) is 3.28. The van der Waals surface area contributed by atoms with Crippen LogP contribution in [0.15, 0.2) is 34.9 Å². The van der Waals surface area contributed by atoms with Gasteiger partial charge in [-0.1, -0.05) is 0 Å². The molecule has 0 N–H and O–H groups in total. The number of halogens is 2. The van der Waals surface area contributed by atoms with Crippen molar-refractivity contribution in [2.75, 3.05) is 6.16 Å². The first kappa shape index (κ1) is 22.8. The molecule has 0 spiro atoms. The molecular weight excluding hydrogens is 548 g/mol. The molecule has 29 heavy (non-hydrogen) atoms. The van der Waals surface area contributed by atoms with Crippen molar-refractivity contribution in [3.8, 4) is 0 Å². The molecule has 0 saturated carbocycles. The third-order valence-electron chi connectivity index (χ3n) is 6.60. The molecular formula is C25H27F2HfP. The first-order chi connectivity index (χ1) is 13.0. The van der Waals surface area contributed by atoms with Gasteiger partial charge in [0.1, 0.15) is 0 Å². The second-order valence-corrected chi connectivity index (χ2v) is 16.1. The second-order valence-electron chi connectivity index (χ2n) is 8.38. The summed E-state index contributed by atoms with van der Waals surface area (Å²) >= 11 is -0.922. The molecule has 0 radical (unpaired) electrons. The van der Waals surface area contributed by atoms with Crippen molar-refractivity contribution in [2.24, 2.45) is 0 Å². The zero-order valence-corrected chi connectivity index (χ0v) is 22.2. The van der Waals surface area contributed by atoms with E-state index in [-0.39, 0.29) is 17.3 Å². The molecule has 1 saturated heterocycles. The fraction of sp³-hybridized carbons (Fsp3) is 0.360. The Labute approximate surface area is 185 Å². The summed E-state index contributed by atoms with van der Waals surface area (Å²) in [7, 11) is -0.124. The van der Waals surface area contributed by atoms with E-state index in [1.807, 2.05) is 10.6 Å². The van der Waals surface area contributed by atoms with Crippen molar-refractivity contribution in [2.45, 2.75) is 48.4 Å². The molecule has 0 nitrogen and oxygen atoms in total. The maximum absolute atomic E-state index is 2.65. The molecule has 1 heterocycles. The van der Waals surface area contributed by atoms with Crippen LogP contribution in [-0.4, -0.2) is 6.16 Å². The molecule has 2 unspecified atom stereocenters. The van der Waals surface area contributed by atoms with Gasteiger partial charge in [-0.3, -0.25) is 0 Å². The molecule has 150 valence electrons. The first-order valence-corrected chi connectivity index (χ1v) is 15.9. The standard InChI is InChI=1S/C25H27P.2FH.Hf/c1-6-11-26(20-12-22-16(2)7-8-17(3)23(22)13-20)21-14-24-18(4)9-10-19(5)25(24)15-21;;;/h7-10,12-15H,6,11H2,1-5H3;2*1H;/q;;;+2/p-2. The van der Waals surface area contributed by atoms with Crippen molar-refractivity contribution >= 4 is 20.1 Å². The van der Waals surface area contributed by atoms with E-state index in [0.717, 1.165) is 7.35 Å². The second kappa shape index (κ2) is 8.31. The van der Waals surface area contributed by atoms with Crippen LogP contribution >= 0.6 is 7.92 Å². The molecule has 5 rings (SSSR count). The number of rotatable bonds is 2. The van der Waals surface area contributed by atoms with Crippen molar-refractivity contribution in [3.05, 3.63) is 79.4 Å². The number of hydrogen-bond donors (Lipinski definition) is 0. The molecule has 3 aliphatic rings. The summed E-state index contributed by atoms with van der Waals surface area (Å²) in [5.41, 5.74) is 12.7. The smallest absolute Gasteiger partial charge is 1.00 e. The summed E-state index contributed by atoms with van der Waals surface area (Å²) in [6.07, 6.45) is 7.98. The van der Waals surface area contributed by atoms with Gasteiger partial charge in [0.25, 0.3) is 0 Å². The number of hydrogen-bond acceptors (Lipinski definition) is 0. The van der Waals surface area contributed by atoms with E-state index in [9.17, 15) is 0 Å². The summed E-state index contributed by atoms with van der Waals surface area (Å²) in [6.45, 7) is 11.7. The van der Waals surface area contributed by atoms with E-state index in [1.165, 1.54) is 34.8 Å². The van der Waals surface area contributed by atoms with E-state index in [2.05, 4.69) is 71.0 Å². The summed E-state index contributed by atoms with van der Waals surface area (Å²) < 4.78 is 1.68. The van der Waals surface area contributed by atoms with Crippen LogP contribution in [0, 0.1) is 27.7 Å². The number of benzene rings is 2. The Balaban J connectivity index is 0.00000120. The quantitative estimate of drug-likeness (QED) is 0.376. The van der Waals surface area contributed by atoms with Crippen LogP contribution in [0.25, 0.3) is 12.2 Å². The topological polar surface area (TPSA) is 0 Å². The maximum atomic E-state index is 2.65. The summed E-state index contributed by atoms with van der Waals surface area (Å²) in [5, 5.41) is 3.71. The van der Waals surface area contributed by atoms with E-state index in [4.69, 9.17) is 0 Å². The zero-order chi connectivity index (χ0) is 18.9. The number of allylic oxidation sites excluding steroid dienone is 2. The van der Waals surface area contributed by atoms with E-state index >= 15 is 0 Å². The van der Waals surface area contributed by atoms with Crippen LogP contribution in [-0.2, 0) is 22.9 Å². The zero-order valence-electron chi connectivity index (χ0n) is 17.7. The maximum Gasteiger partial charge on any atom is -1.00 e. The third-order valence-corrected chi connectivity index (χ3v) is 18.0. The normalized spacial score (nSPS) is 22.4. The van der Waals surface area contributed by atoms with Gasteiger partial charge < -0.3 is 9.41 Å². The van der Waals surface area contributed by atoms with Crippen molar-refractivity contribution in [1.82, 2.24) is 0 Å². The van der Waals surface area contributed by atoms with Crippen LogP contribution < -0.4 is 9.41 Å². The average molecular weight is 575 g/mol. The van der Waals surface area contributed by atoms with Gasteiger partial charge >= 0.3 is 177 Å². The largest absolute Gasteiger partial charge is 1.00 e.